The maximum Gasteiger partial charge on any atom is 0.157 e. The molecule has 1 aromatic carbocycles. The molecule has 1 heterocycles. The van der Waals surface area contributed by atoms with Crippen molar-refractivity contribution in [3.05, 3.63) is 28.5 Å². The van der Waals surface area contributed by atoms with Crippen LogP contribution >= 0.6 is 24.8 Å². The molecule has 2 rings (SSSR count). The lowest BCUT2D eigenvalue weighted by atomic mass is 10.0. The highest BCUT2D eigenvalue weighted by molar-refractivity contribution is 5.94. The van der Waals surface area contributed by atoms with Gasteiger partial charge in [0.25, 0.3) is 0 Å². The fourth-order valence-corrected chi connectivity index (χ4v) is 1.89. The maximum absolute atomic E-state index is 5.91. The minimum absolute atomic E-state index is 0. The first-order valence-corrected chi connectivity index (χ1v) is 4.77. The van der Waals surface area contributed by atoms with Crippen LogP contribution in [0, 0.1) is 27.7 Å². The number of rotatable bonds is 0. The van der Waals surface area contributed by atoms with Crippen LogP contribution in [0.2, 0.25) is 0 Å². The molecular formula is C12H17Cl2NO. The number of nitrogen functional groups attached to an aromatic ring is 1. The molecule has 0 amide bonds. The van der Waals surface area contributed by atoms with Gasteiger partial charge in [-0.15, -0.1) is 24.8 Å². The lowest BCUT2D eigenvalue weighted by molar-refractivity contribution is 0.576. The van der Waals surface area contributed by atoms with Gasteiger partial charge in [0.05, 0.1) is 5.69 Å². The number of furan rings is 1. The van der Waals surface area contributed by atoms with Gasteiger partial charge in [0.1, 0.15) is 5.76 Å². The summed E-state index contributed by atoms with van der Waals surface area (Å²) < 4.78 is 5.64. The molecule has 2 N–H and O–H groups in total. The Hall–Kier alpha value is -0.860. The Bertz CT molecular complexity index is 517. The Morgan fingerprint density at radius 3 is 2.12 bits per heavy atom. The molecule has 0 bridgehead atoms. The number of hydrogen-bond acceptors (Lipinski definition) is 2. The molecule has 4 heteroatoms. The smallest absolute Gasteiger partial charge is 0.157 e. The predicted molar refractivity (Wildman–Crippen MR) is 74.1 cm³/mol. The third-order valence-electron chi connectivity index (χ3n) is 2.99. The van der Waals surface area contributed by atoms with E-state index in [-0.39, 0.29) is 24.8 Å². The average Bonchev–Trinajstić information content (AvgIpc) is 2.41. The largest absolute Gasteiger partial charge is 0.459 e. The normalized spacial score (nSPS) is 9.75. The zero-order valence-electron chi connectivity index (χ0n) is 9.88. The van der Waals surface area contributed by atoms with E-state index in [0.29, 0.717) is 0 Å². The highest BCUT2D eigenvalue weighted by atomic mass is 35.5. The van der Waals surface area contributed by atoms with Gasteiger partial charge in [0, 0.05) is 5.39 Å². The zero-order valence-corrected chi connectivity index (χ0v) is 11.5. The number of anilines is 1. The first-order chi connectivity index (χ1) is 6.52. The van der Waals surface area contributed by atoms with Crippen LogP contribution in [0.4, 0.5) is 5.69 Å². The van der Waals surface area contributed by atoms with E-state index in [1.165, 1.54) is 22.1 Å². The SMILES string of the molecule is Cc1cc(N)c2oc(C)c(C)c2c1C.Cl.Cl. The molecule has 2 aromatic rings. The van der Waals surface area contributed by atoms with Crippen LogP contribution in [-0.2, 0) is 0 Å². The number of benzene rings is 1. The van der Waals surface area contributed by atoms with Crippen molar-refractivity contribution >= 4 is 41.5 Å². The zero-order chi connectivity index (χ0) is 10.5. The number of hydrogen-bond donors (Lipinski definition) is 1. The van der Waals surface area contributed by atoms with Gasteiger partial charge < -0.3 is 10.2 Å². The van der Waals surface area contributed by atoms with Crippen molar-refractivity contribution < 1.29 is 4.42 Å². The van der Waals surface area contributed by atoms with Crippen LogP contribution in [0.1, 0.15) is 22.5 Å². The van der Waals surface area contributed by atoms with E-state index in [0.717, 1.165) is 17.0 Å². The van der Waals surface area contributed by atoms with Gasteiger partial charge in [0.15, 0.2) is 5.58 Å². The van der Waals surface area contributed by atoms with Gasteiger partial charge in [-0.3, -0.25) is 0 Å². The monoisotopic (exact) mass is 261 g/mol. The molecule has 0 aliphatic rings. The minimum Gasteiger partial charge on any atom is -0.459 e. The van der Waals surface area contributed by atoms with Crippen LogP contribution in [0.3, 0.4) is 0 Å². The third-order valence-corrected chi connectivity index (χ3v) is 2.99. The second-order valence-electron chi connectivity index (χ2n) is 3.90. The van der Waals surface area contributed by atoms with Crippen LogP contribution in [-0.4, -0.2) is 0 Å². The Labute approximate surface area is 108 Å². The van der Waals surface area contributed by atoms with Crippen LogP contribution in [0.5, 0.6) is 0 Å². The molecule has 0 radical (unpaired) electrons. The summed E-state index contributed by atoms with van der Waals surface area (Å²) in [7, 11) is 0. The highest BCUT2D eigenvalue weighted by Crippen LogP contribution is 2.33. The molecule has 0 fully saturated rings. The first kappa shape index (κ1) is 15.1. The highest BCUT2D eigenvalue weighted by Gasteiger charge is 2.13. The molecule has 0 unspecified atom stereocenters. The summed E-state index contributed by atoms with van der Waals surface area (Å²) in [5, 5.41) is 1.18. The van der Waals surface area contributed by atoms with Crippen LogP contribution in [0.25, 0.3) is 11.0 Å². The average molecular weight is 262 g/mol. The molecule has 0 saturated carbocycles. The second kappa shape index (κ2) is 4.98. The molecule has 1 aromatic heterocycles. The minimum atomic E-state index is 0. The molecule has 2 nitrogen and oxygen atoms in total. The Morgan fingerprint density at radius 2 is 1.56 bits per heavy atom. The predicted octanol–water partition coefficient (Wildman–Crippen LogP) is 4.09. The molecule has 0 saturated heterocycles. The van der Waals surface area contributed by atoms with E-state index in [4.69, 9.17) is 10.2 Å². The summed E-state index contributed by atoms with van der Waals surface area (Å²) in [5.74, 6) is 0.959. The van der Waals surface area contributed by atoms with E-state index >= 15 is 0 Å². The molecule has 0 aliphatic heterocycles. The van der Waals surface area contributed by atoms with Gasteiger partial charge >= 0.3 is 0 Å². The molecule has 0 aliphatic carbocycles. The molecule has 0 spiro atoms. The van der Waals surface area contributed by atoms with Crippen molar-refractivity contribution in [3.8, 4) is 0 Å². The lowest BCUT2D eigenvalue weighted by Gasteiger charge is -2.04. The third kappa shape index (κ3) is 2.00. The summed E-state index contributed by atoms with van der Waals surface area (Å²) >= 11 is 0. The standard InChI is InChI=1S/C12H15NO.2ClH/c1-6-5-10(13)12-11(7(6)2)8(3)9(4)14-12;;/h5H,13H2,1-4H3;2*1H. The van der Waals surface area contributed by atoms with E-state index < -0.39 is 0 Å². The van der Waals surface area contributed by atoms with E-state index in [9.17, 15) is 0 Å². The summed E-state index contributed by atoms with van der Waals surface area (Å²) in [6.45, 7) is 8.24. The summed E-state index contributed by atoms with van der Waals surface area (Å²) in [4.78, 5) is 0. The number of aryl methyl sites for hydroxylation is 4. The molecule has 16 heavy (non-hydrogen) atoms. The van der Waals surface area contributed by atoms with Crippen molar-refractivity contribution in [1.29, 1.82) is 0 Å². The summed E-state index contributed by atoms with van der Waals surface area (Å²) in [6, 6.07) is 1.97. The first-order valence-electron chi connectivity index (χ1n) is 4.77. The Balaban J connectivity index is 0.00000112. The van der Waals surface area contributed by atoms with E-state index in [1.807, 2.05) is 13.0 Å². The van der Waals surface area contributed by atoms with Gasteiger partial charge in [-0.05, 0) is 50.5 Å². The molecule has 90 valence electrons. The second-order valence-corrected chi connectivity index (χ2v) is 3.90. The Morgan fingerprint density at radius 1 is 1.00 bits per heavy atom. The van der Waals surface area contributed by atoms with Gasteiger partial charge in [-0.2, -0.15) is 0 Å². The number of fused-ring (bicyclic) bond motifs is 1. The summed E-state index contributed by atoms with van der Waals surface area (Å²) in [5.41, 5.74) is 11.2. The number of halogens is 2. The fourth-order valence-electron chi connectivity index (χ4n) is 1.89. The van der Waals surface area contributed by atoms with Crippen molar-refractivity contribution in [2.45, 2.75) is 27.7 Å². The van der Waals surface area contributed by atoms with Crippen LogP contribution in [0.15, 0.2) is 10.5 Å². The van der Waals surface area contributed by atoms with Crippen molar-refractivity contribution in [2.75, 3.05) is 5.73 Å². The van der Waals surface area contributed by atoms with E-state index in [1.54, 1.807) is 0 Å². The van der Waals surface area contributed by atoms with Crippen molar-refractivity contribution in [2.24, 2.45) is 0 Å². The maximum atomic E-state index is 5.91. The van der Waals surface area contributed by atoms with Gasteiger partial charge in [-0.1, -0.05) is 0 Å². The van der Waals surface area contributed by atoms with Crippen molar-refractivity contribution in [3.63, 3.8) is 0 Å². The van der Waals surface area contributed by atoms with E-state index in [2.05, 4.69) is 20.8 Å². The van der Waals surface area contributed by atoms with Crippen LogP contribution < -0.4 is 5.73 Å². The quantitative estimate of drug-likeness (QED) is 0.726. The number of nitrogens with two attached hydrogens (primary N) is 1. The summed E-state index contributed by atoms with van der Waals surface area (Å²) in [6.07, 6.45) is 0. The Kier molecular flexibility index (Phi) is 4.71. The van der Waals surface area contributed by atoms with Crippen molar-refractivity contribution in [1.82, 2.24) is 0 Å². The van der Waals surface area contributed by atoms with Gasteiger partial charge in [0.2, 0.25) is 0 Å². The van der Waals surface area contributed by atoms with Gasteiger partial charge in [-0.25, -0.2) is 0 Å². The topological polar surface area (TPSA) is 39.2 Å². The lowest BCUT2D eigenvalue weighted by Crippen LogP contribution is -1.90. The molecule has 0 atom stereocenters. The molecular weight excluding hydrogens is 245 g/mol. The fraction of sp³-hybridized carbons (Fsp3) is 0.333.